The Hall–Kier alpha value is -2.92. The van der Waals surface area contributed by atoms with Crippen molar-refractivity contribution in [1.82, 2.24) is 0 Å². The zero-order valence-electron chi connectivity index (χ0n) is 15.3. The Kier molecular flexibility index (Phi) is 5.37. The van der Waals surface area contributed by atoms with Crippen molar-refractivity contribution >= 4 is 5.84 Å². The number of fused-ring (bicyclic) bond motifs is 1. The lowest BCUT2D eigenvalue weighted by Gasteiger charge is -2.31. The van der Waals surface area contributed by atoms with E-state index >= 15 is 0 Å². The molecule has 1 aromatic carbocycles. The third-order valence-corrected chi connectivity index (χ3v) is 4.19. The Morgan fingerprint density at radius 3 is 2.43 bits per heavy atom. The van der Waals surface area contributed by atoms with Gasteiger partial charge in [0.25, 0.3) is 0 Å². The summed E-state index contributed by atoms with van der Waals surface area (Å²) < 4.78 is 103. The van der Waals surface area contributed by atoms with Crippen LogP contribution in [0.1, 0.15) is 18.9 Å². The van der Waals surface area contributed by atoms with Crippen LogP contribution in [0.15, 0.2) is 46.7 Å². The largest absolute Gasteiger partial charge is 0.573 e. The molecule has 1 aliphatic carbocycles. The fourth-order valence-electron chi connectivity index (χ4n) is 2.72. The number of aliphatic imine (C=N–C) groups is 1. The average molecular weight is 440 g/mol. The molecule has 2 aliphatic rings. The number of alkyl halides is 7. The molecule has 1 heterocycles. The van der Waals surface area contributed by atoms with Crippen LogP contribution >= 0.6 is 0 Å². The van der Waals surface area contributed by atoms with Crippen molar-refractivity contribution in [2.75, 3.05) is 6.54 Å². The fraction of sp³-hybridized carbons (Fsp3) is 0.389. The van der Waals surface area contributed by atoms with Gasteiger partial charge in [-0.05, 0) is 36.6 Å². The molecule has 3 rings (SSSR count). The van der Waals surface area contributed by atoms with Crippen LogP contribution in [0.25, 0.3) is 0 Å². The Balaban J connectivity index is 1.79. The summed E-state index contributed by atoms with van der Waals surface area (Å²) in [5.74, 6) is -2.14. The molecule has 0 amide bonds. The van der Waals surface area contributed by atoms with Crippen LogP contribution < -0.4 is 15.2 Å². The van der Waals surface area contributed by atoms with E-state index in [-0.39, 0.29) is 29.4 Å². The SMILES string of the molecule is CC1C=C(OC(F)(F)F)C(CN=C(N)c2ccc3c(c2)OC(F)(F)C(F)(F)O3)=CC1. The molecule has 2 N–H and O–H groups in total. The van der Waals surface area contributed by atoms with Crippen LogP contribution in [-0.4, -0.2) is 31.0 Å². The Morgan fingerprint density at radius 2 is 1.80 bits per heavy atom. The maximum atomic E-state index is 13.3. The third kappa shape index (κ3) is 4.62. The minimum atomic E-state index is -4.90. The molecule has 1 atom stereocenters. The molecule has 164 valence electrons. The molecule has 0 saturated heterocycles. The molecule has 0 fully saturated rings. The summed E-state index contributed by atoms with van der Waals surface area (Å²) in [5.41, 5.74) is 5.93. The maximum absolute atomic E-state index is 13.3. The first-order chi connectivity index (χ1) is 13.8. The standard InChI is InChI=1S/C18H15F7N2O3/c1-9-2-3-11(13(6-9)30-18(23,24)25)8-27-15(26)10-4-5-12-14(7-10)29-17(21,22)16(19,20)28-12/h3-7,9H,2,8H2,1H3,(H2,26,27). The molecule has 0 saturated carbocycles. The van der Waals surface area contributed by atoms with E-state index in [2.05, 4.69) is 19.2 Å². The highest BCUT2D eigenvalue weighted by molar-refractivity contribution is 5.98. The Bertz CT molecular complexity index is 923. The summed E-state index contributed by atoms with van der Waals surface area (Å²) in [6, 6.07) is 3.02. The molecule has 1 unspecified atom stereocenters. The summed E-state index contributed by atoms with van der Waals surface area (Å²) in [4.78, 5) is 3.94. The van der Waals surface area contributed by atoms with Gasteiger partial charge >= 0.3 is 18.6 Å². The summed E-state index contributed by atoms with van der Waals surface area (Å²) in [6.45, 7) is 1.42. The van der Waals surface area contributed by atoms with Gasteiger partial charge in [0.1, 0.15) is 11.6 Å². The molecular weight excluding hydrogens is 425 g/mol. The second kappa shape index (κ2) is 7.40. The second-order valence-electron chi connectivity index (χ2n) is 6.62. The zero-order chi connectivity index (χ0) is 22.3. The Morgan fingerprint density at radius 1 is 1.17 bits per heavy atom. The van der Waals surface area contributed by atoms with Gasteiger partial charge in [-0.1, -0.05) is 13.0 Å². The first kappa shape index (κ1) is 21.8. The second-order valence-corrected chi connectivity index (χ2v) is 6.62. The van der Waals surface area contributed by atoms with E-state index in [1.165, 1.54) is 18.2 Å². The van der Waals surface area contributed by atoms with Gasteiger partial charge < -0.3 is 19.9 Å². The number of hydrogen-bond acceptors (Lipinski definition) is 4. The van der Waals surface area contributed by atoms with Gasteiger partial charge in [0.15, 0.2) is 11.5 Å². The minimum Gasteiger partial charge on any atom is -0.421 e. The Labute approximate surface area is 165 Å². The van der Waals surface area contributed by atoms with Crippen molar-refractivity contribution in [3.63, 3.8) is 0 Å². The van der Waals surface area contributed by atoms with E-state index in [9.17, 15) is 30.7 Å². The number of benzene rings is 1. The van der Waals surface area contributed by atoms with Gasteiger partial charge in [0, 0.05) is 11.1 Å². The van der Waals surface area contributed by atoms with Crippen molar-refractivity contribution in [3.8, 4) is 11.5 Å². The van der Waals surface area contributed by atoms with Crippen LogP contribution in [0.4, 0.5) is 30.7 Å². The van der Waals surface area contributed by atoms with Crippen LogP contribution in [-0.2, 0) is 4.74 Å². The number of amidine groups is 1. The van der Waals surface area contributed by atoms with Crippen LogP contribution in [0.3, 0.4) is 0 Å². The maximum Gasteiger partial charge on any atom is 0.573 e. The van der Waals surface area contributed by atoms with Gasteiger partial charge in [0.05, 0.1) is 6.54 Å². The highest BCUT2D eigenvalue weighted by Crippen LogP contribution is 2.47. The highest BCUT2D eigenvalue weighted by atomic mass is 19.4. The number of ether oxygens (including phenoxy) is 3. The molecular formula is C18H15F7N2O3. The molecule has 0 radical (unpaired) electrons. The summed E-state index contributed by atoms with van der Waals surface area (Å²) in [5, 5.41) is 0. The van der Waals surface area contributed by atoms with Gasteiger partial charge in [-0.15, -0.1) is 13.2 Å². The van der Waals surface area contributed by atoms with Gasteiger partial charge in [-0.25, -0.2) is 0 Å². The first-order valence-corrected chi connectivity index (χ1v) is 8.52. The lowest BCUT2D eigenvalue weighted by molar-refractivity contribution is -0.391. The van der Waals surface area contributed by atoms with E-state index < -0.39 is 35.8 Å². The number of halogens is 7. The van der Waals surface area contributed by atoms with E-state index in [0.717, 1.165) is 12.1 Å². The third-order valence-electron chi connectivity index (χ3n) is 4.19. The number of rotatable bonds is 4. The van der Waals surface area contributed by atoms with E-state index in [0.29, 0.717) is 6.42 Å². The quantitative estimate of drug-likeness (QED) is 0.418. The number of nitrogens with zero attached hydrogens (tertiary/aromatic N) is 1. The van der Waals surface area contributed by atoms with Gasteiger partial charge in [0.2, 0.25) is 0 Å². The van der Waals surface area contributed by atoms with Gasteiger partial charge in [-0.3, -0.25) is 4.99 Å². The number of nitrogens with two attached hydrogens (primary N) is 1. The smallest absolute Gasteiger partial charge is 0.421 e. The van der Waals surface area contributed by atoms with Gasteiger partial charge in [-0.2, -0.15) is 17.6 Å². The molecule has 1 aromatic rings. The minimum absolute atomic E-state index is 0.0189. The van der Waals surface area contributed by atoms with Crippen LogP contribution in [0.5, 0.6) is 11.5 Å². The average Bonchev–Trinajstić information content (AvgIpc) is 2.59. The summed E-state index contributed by atoms with van der Waals surface area (Å²) in [6.07, 6.45) is -11.4. The normalized spacial score (nSPS) is 22.8. The summed E-state index contributed by atoms with van der Waals surface area (Å²) >= 11 is 0. The molecule has 1 aliphatic heterocycles. The van der Waals surface area contributed by atoms with Crippen LogP contribution in [0.2, 0.25) is 0 Å². The predicted octanol–water partition coefficient (Wildman–Crippen LogP) is 4.74. The van der Waals surface area contributed by atoms with Crippen molar-refractivity contribution in [1.29, 1.82) is 0 Å². The monoisotopic (exact) mass is 440 g/mol. The van der Waals surface area contributed by atoms with Crippen LogP contribution in [0, 0.1) is 5.92 Å². The molecule has 0 spiro atoms. The highest BCUT2D eigenvalue weighted by Gasteiger charge is 2.65. The number of hydrogen-bond donors (Lipinski definition) is 1. The molecule has 12 heteroatoms. The fourth-order valence-corrected chi connectivity index (χ4v) is 2.72. The number of allylic oxidation sites excluding steroid dienone is 2. The molecule has 0 bridgehead atoms. The van der Waals surface area contributed by atoms with E-state index in [4.69, 9.17) is 5.73 Å². The summed E-state index contributed by atoms with van der Waals surface area (Å²) in [7, 11) is 0. The predicted molar refractivity (Wildman–Crippen MR) is 90.3 cm³/mol. The topological polar surface area (TPSA) is 66.1 Å². The first-order valence-electron chi connectivity index (χ1n) is 8.52. The van der Waals surface area contributed by atoms with Crippen molar-refractivity contribution < 1.29 is 44.9 Å². The molecule has 30 heavy (non-hydrogen) atoms. The van der Waals surface area contributed by atoms with Crippen molar-refractivity contribution in [3.05, 3.63) is 47.2 Å². The van der Waals surface area contributed by atoms with Crippen molar-refractivity contribution in [2.45, 2.75) is 31.9 Å². The van der Waals surface area contributed by atoms with E-state index in [1.807, 2.05) is 0 Å². The molecule has 5 nitrogen and oxygen atoms in total. The lowest BCUT2D eigenvalue weighted by Crippen LogP contribution is -2.52. The lowest BCUT2D eigenvalue weighted by atomic mass is 9.97. The van der Waals surface area contributed by atoms with Crippen molar-refractivity contribution in [2.24, 2.45) is 16.6 Å². The van der Waals surface area contributed by atoms with E-state index in [1.54, 1.807) is 6.92 Å². The zero-order valence-corrected chi connectivity index (χ0v) is 15.3. The molecule has 0 aromatic heterocycles.